The van der Waals surface area contributed by atoms with Crippen LogP contribution in [0.4, 0.5) is 0 Å². The number of hydrogen-bond donors (Lipinski definition) is 1. The van der Waals surface area contributed by atoms with Gasteiger partial charge in [-0.1, -0.05) is 28.4 Å². The smallest absolute Gasteiger partial charge is 0.129 e. The van der Waals surface area contributed by atoms with Crippen molar-refractivity contribution < 1.29 is 4.84 Å². The molecule has 94 valence electrons. The van der Waals surface area contributed by atoms with Gasteiger partial charge in [0.1, 0.15) is 17.0 Å². The predicted molar refractivity (Wildman–Crippen MR) is 70.7 cm³/mol. The molecule has 0 spiro atoms. The first-order valence-electron chi connectivity index (χ1n) is 5.10. The van der Waals surface area contributed by atoms with E-state index in [1.807, 2.05) is 20.8 Å². The maximum Gasteiger partial charge on any atom is 0.129 e. The first-order valence-corrected chi connectivity index (χ1v) is 5.85. The van der Waals surface area contributed by atoms with Gasteiger partial charge in [-0.05, 0) is 26.8 Å². The number of nitrogens with two attached hydrogens (primary N) is 1. The average molecular weight is 276 g/mol. The van der Waals surface area contributed by atoms with Gasteiger partial charge < -0.3 is 10.6 Å². The average Bonchev–Trinajstić information content (AvgIpc) is 2.19. The van der Waals surface area contributed by atoms with E-state index in [0.717, 1.165) is 0 Å². The van der Waals surface area contributed by atoms with Crippen LogP contribution < -0.4 is 5.73 Å². The Morgan fingerprint density at radius 1 is 1.47 bits per heavy atom. The molecule has 1 aromatic heterocycles. The normalized spacial score (nSPS) is 12.7. The topological polar surface area (TPSA) is 60.5 Å². The SMILES string of the molecule is CC(C)(C)ON=C(CN)c1ncc(Cl)cc1Cl. The Hall–Kier alpha value is -0.840. The molecular formula is C11H15Cl2N3O. The molecule has 0 bridgehead atoms. The summed E-state index contributed by atoms with van der Waals surface area (Å²) in [6, 6.07) is 1.59. The summed E-state index contributed by atoms with van der Waals surface area (Å²) in [6.07, 6.45) is 1.49. The Morgan fingerprint density at radius 3 is 2.59 bits per heavy atom. The second-order valence-corrected chi connectivity index (χ2v) is 5.27. The van der Waals surface area contributed by atoms with Gasteiger partial charge in [0.25, 0.3) is 0 Å². The molecule has 0 aliphatic heterocycles. The minimum Gasteiger partial charge on any atom is -0.390 e. The van der Waals surface area contributed by atoms with Gasteiger partial charge in [-0.2, -0.15) is 0 Å². The van der Waals surface area contributed by atoms with Crippen LogP contribution in [0.2, 0.25) is 10.0 Å². The Balaban J connectivity index is 3.01. The minimum atomic E-state index is -0.390. The summed E-state index contributed by atoms with van der Waals surface area (Å²) in [6.45, 7) is 5.86. The highest BCUT2D eigenvalue weighted by Crippen LogP contribution is 2.19. The van der Waals surface area contributed by atoms with Crippen molar-refractivity contribution in [3.05, 3.63) is 28.0 Å². The van der Waals surface area contributed by atoms with Crippen LogP contribution in [0.3, 0.4) is 0 Å². The molecular weight excluding hydrogens is 261 g/mol. The van der Waals surface area contributed by atoms with Gasteiger partial charge in [-0.15, -0.1) is 0 Å². The van der Waals surface area contributed by atoms with Crippen LogP contribution in [-0.4, -0.2) is 22.8 Å². The standard InChI is InChI=1S/C11H15Cl2N3O/c1-11(2,3)17-16-9(5-14)10-8(13)4-7(12)6-15-10/h4,6H,5,14H2,1-3H3. The van der Waals surface area contributed by atoms with Crippen LogP contribution in [0.5, 0.6) is 0 Å². The second kappa shape index (κ2) is 5.67. The van der Waals surface area contributed by atoms with Gasteiger partial charge in [0.05, 0.1) is 10.0 Å². The number of aromatic nitrogens is 1. The third-order valence-corrected chi connectivity index (χ3v) is 2.20. The predicted octanol–water partition coefficient (Wildman–Crippen LogP) is 2.87. The third kappa shape index (κ3) is 4.50. The molecule has 0 saturated carbocycles. The number of halogens is 2. The number of hydrogen-bond acceptors (Lipinski definition) is 4. The maximum absolute atomic E-state index is 6.01. The Morgan fingerprint density at radius 2 is 2.12 bits per heavy atom. The lowest BCUT2D eigenvalue weighted by Crippen LogP contribution is -2.22. The van der Waals surface area contributed by atoms with Crippen LogP contribution in [0.25, 0.3) is 0 Å². The van der Waals surface area contributed by atoms with Crippen molar-refractivity contribution in [3.63, 3.8) is 0 Å². The van der Waals surface area contributed by atoms with Gasteiger partial charge in [0.15, 0.2) is 0 Å². The second-order valence-electron chi connectivity index (χ2n) is 4.43. The lowest BCUT2D eigenvalue weighted by Gasteiger charge is -2.16. The molecule has 0 amide bonds. The van der Waals surface area contributed by atoms with E-state index < -0.39 is 0 Å². The number of nitrogens with zero attached hydrogens (tertiary/aromatic N) is 2. The summed E-state index contributed by atoms with van der Waals surface area (Å²) in [5.41, 5.74) is 6.19. The zero-order chi connectivity index (χ0) is 13.1. The van der Waals surface area contributed by atoms with Crippen molar-refractivity contribution in [1.82, 2.24) is 4.98 Å². The quantitative estimate of drug-likeness (QED) is 0.682. The number of pyridine rings is 1. The lowest BCUT2D eigenvalue weighted by molar-refractivity contribution is 0.000835. The molecule has 0 fully saturated rings. The fraction of sp³-hybridized carbons (Fsp3) is 0.455. The Kier molecular flexibility index (Phi) is 4.74. The van der Waals surface area contributed by atoms with E-state index in [0.29, 0.717) is 21.5 Å². The van der Waals surface area contributed by atoms with E-state index in [-0.39, 0.29) is 12.1 Å². The Labute approximate surface area is 111 Å². The number of rotatable bonds is 3. The summed E-state index contributed by atoms with van der Waals surface area (Å²) < 4.78 is 0. The summed E-state index contributed by atoms with van der Waals surface area (Å²) in [4.78, 5) is 9.39. The highest BCUT2D eigenvalue weighted by atomic mass is 35.5. The molecule has 6 heteroatoms. The minimum absolute atomic E-state index is 0.185. The molecule has 0 unspecified atom stereocenters. The van der Waals surface area contributed by atoms with Gasteiger partial charge >= 0.3 is 0 Å². The molecule has 0 saturated heterocycles. The van der Waals surface area contributed by atoms with Gasteiger partial charge in [0.2, 0.25) is 0 Å². The molecule has 4 nitrogen and oxygen atoms in total. The lowest BCUT2D eigenvalue weighted by atomic mass is 10.2. The Bertz CT molecular complexity index is 427. The van der Waals surface area contributed by atoms with Crippen molar-refractivity contribution in [2.24, 2.45) is 10.9 Å². The molecule has 0 atom stereocenters. The van der Waals surface area contributed by atoms with Crippen molar-refractivity contribution in [3.8, 4) is 0 Å². The zero-order valence-corrected chi connectivity index (χ0v) is 11.5. The van der Waals surface area contributed by atoms with E-state index in [2.05, 4.69) is 10.1 Å². The first kappa shape index (κ1) is 14.2. The molecule has 1 aromatic rings. The van der Waals surface area contributed by atoms with E-state index in [4.69, 9.17) is 33.8 Å². The van der Waals surface area contributed by atoms with Crippen LogP contribution in [0.15, 0.2) is 17.4 Å². The van der Waals surface area contributed by atoms with E-state index >= 15 is 0 Å². The van der Waals surface area contributed by atoms with Crippen LogP contribution in [0.1, 0.15) is 26.5 Å². The van der Waals surface area contributed by atoms with Crippen LogP contribution in [-0.2, 0) is 4.84 Å². The van der Waals surface area contributed by atoms with Gasteiger partial charge in [0, 0.05) is 12.7 Å². The zero-order valence-electron chi connectivity index (χ0n) is 10.00. The van der Waals surface area contributed by atoms with Gasteiger partial charge in [-0.3, -0.25) is 4.98 Å². The van der Waals surface area contributed by atoms with Crippen molar-refractivity contribution in [2.45, 2.75) is 26.4 Å². The largest absolute Gasteiger partial charge is 0.390 e. The van der Waals surface area contributed by atoms with E-state index in [9.17, 15) is 0 Å². The fourth-order valence-electron chi connectivity index (χ4n) is 0.996. The first-order chi connectivity index (χ1) is 7.83. The third-order valence-electron chi connectivity index (χ3n) is 1.70. The molecule has 1 heterocycles. The van der Waals surface area contributed by atoms with E-state index in [1.165, 1.54) is 6.20 Å². The van der Waals surface area contributed by atoms with Gasteiger partial charge in [-0.25, -0.2) is 0 Å². The summed E-state index contributed by atoms with van der Waals surface area (Å²) >= 11 is 11.8. The molecule has 0 aliphatic rings. The molecule has 2 N–H and O–H groups in total. The molecule has 1 rings (SSSR count). The molecule has 0 radical (unpaired) electrons. The van der Waals surface area contributed by atoms with Crippen molar-refractivity contribution in [2.75, 3.05) is 6.54 Å². The molecule has 17 heavy (non-hydrogen) atoms. The number of oxime groups is 1. The highest BCUT2D eigenvalue weighted by Gasteiger charge is 2.14. The monoisotopic (exact) mass is 275 g/mol. The van der Waals surface area contributed by atoms with E-state index in [1.54, 1.807) is 6.07 Å². The summed E-state index contributed by atoms with van der Waals surface area (Å²) in [5.74, 6) is 0. The highest BCUT2D eigenvalue weighted by molar-refractivity contribution is 6.36. The molecule has 0 aliphatic carbocycles. The fourth-order valence-corrected chi connectivity index (χ4v) is 1.49. The maximum atomic E-state index is 6.01. The van der Waals surface area contributed by atoms with Crippen molar-refractivity contribution >= 4 is 28.9 Å². The summed E-state index contributed by atoms with van der Waals surface area (Å²) in [7, 11) is 0. The van der Waals surface area contributed by atoms with Crippen molar-refractivity contribution in [1.29, 1.82) is 0 Å². The summed E-state index contributed by atoms with van der Waals surface area (Å²) in [5, 5.41) is 4.84. The molecule has 0 aromatic carbocycles. The van der Waals surface area contributed by atoms with Crippen LogP contribution >= 0.6 is 23.2 Å². The van der Waals surface area contributed by atoms with Crippen LogP contribution in [0, 0.1) is 0 Å².